The van der Waals surface area contributed by atoms with Crippen molar-refractivity contribution < 1.29 is 23.8 Å². The van der Waals surface area contributed by atoms with Crippen LogP contribution in [-0.4, -0.2) is 61.5 Å². The number of rotatable bonds is 17. The first-order valence-corrected chi connectivity index (χ1v) is 11.3. The normalized spacial score (nSPS) is 12.5. The zero-order valence-electron chi connectivity index (χ0n) is 21.1. The van der Waals surface area contributed by atoms with Gasteiger partial charge < -0.3 is 24.8 Å². The Morgan fingerprint density at radius 2 is 1.26 bits per heavy atom. The summed E-state index contributed by atoms with van der Waals surface area (Å²) in [7, 11) is 0. The topological polar surface area (TPSA) is 85.9 Å². The standard InChI is InChI=1S/C24H46N2O5/c1-10-29-22(4,5)12-15-25-20(27)11-17-30-24(8,9)14-18-31-23(6,7)13-16-26-21(28)19(2)3/h2,10-18H2,1,3-9H3,(H,25,27)(H,26,28). The molecule has 0 unspecified atom stereocenters. The van der Waals surface area contributed by atoms with Gasteiger partial charge in [0.2, 0.25) is 11.8 Å². The molecule has 0 heterocycles. The molecule has 31 heavy (non-hydrogen) atoms. The van der Waals surface area contributed by atoms with E-state index in [2.05, 4.69) is 17.2 Å². The molecule has 2 N–H and O–H groups in total. The van der Waals surface area contributed by atoms with Gasteiger partial charge in [-0.25, -0.2) is 0 Å². The molecule has 0 radical (unpaired) electrons. The van der Waals surface area contributed by atoms with Crippen LogP contribution in [0.2, 0.25) is 0 Å². The third-order valence-electron chi connectivity index (χ3n) is 5.00. The highest BCUT2D eigenvalue weighted by atomic mass is 16.5. The molecule has 0 fully saturated rings. The number of amides is 2. The molecular formula is C24H46N2O5. The van der Waals surface area contributed by atoms with Crippen molar-refractivity contribution in [3.8, 4) is 0 Å². The van der Waals surface area contributed by atoms with Gasteiger partial charge in [-0.1, -0.05) is 6.58 Å². The van der Waals surface area contributed by atoms with Crippen LogP contribution >= 0.6 is 0 Å². The average Bonchev–Trinajstić information content (AvgIpc) is 2.60. The van der Waals surface area contributed by atoms with Crippen LogP contribution in [0.4, 0.5) is 0 Å². The quantitative estimate of drug-likeness (QED) is 0.335. The summed E-state index contributed by atoms with van der Waals surface area (Å²) in [6, 6.07) is 0. The van der Waals surface area contributed by atoms with Crippen molar-refractivity contribution in [2.24, 2.45) is 0 Å². The summed E-state index contributed by atoms with van der Waals surface area (Å²) < 4.78 is 17.5. The van der Waals surface area contributed by atoms with Crippen molar-refractivity contribution >= 4 is 11.8 Å². The first kappa shape index (κ1) is 29.6. The van der Waals surface area contributed by atoms with Gasteiger partial charge in [-0.3, -0.25) is 9.59 Å². The highest BCUT2D eigenvalue weighted by molar-refractivity contribution is 5.92. The maximum absolute atomic E-state index is 12.0. The van der Waals surface area contributed by atoms with Crippen LogP contribution in [0, 0.1) is 0 Å². The van der Waals surface area contributed by atoms with Gasteiger partial charge >= 0.3 is 0 Å². The summed E-state index contributed by atoms with van der Waals surface area (Å²) in [5, 5.41) is 5.75. The summed E-state index contributed by atoms with van der Waals surface area (Å²) in [6.45, 7) is 22.0. The fraction of sp³-hybridized carbons (Fsp3) is 0.833. The van der Waals surface area contributed by atoms with Gasteiger partial charge in [0.15, 0.2) is 0 Å². The largest absolute Gasteiger partial charge is 0.376 e. The van der Waals surface area contributed by atoms with Crippen molar-refractivity contribution in [2.75, 3.05) is 32.9 Å². The Balaban J connectivity index is 4.05. The molecule has 0 rings (SSSR count). The molecule has 0 aliphatic carbocycles. The molecule has 0 saturated carbocycles. The summed E-state index contributed by atoms with van der Waals surface area (Å²) >= 11 is 0. The van der Waals surface area contributed by atoms with E-state index in [-0.39, 0.29) is 28.6 Å². The van der Waals surface area contributed by atoms with Crippen molar-refractivity contribution in [1.29, 1.82) is 0 Å². The number of hydrogen-bond donors (Lipinski definition) is 2. The van der Waals surface area contributed by atoms with E-state index in [1.807, 2.05) is 48.5 Å². The minimum Gasteiger partial charge on any atom is -0.376 e. The van der Waals surface area contributed by atoms with Crippen molar-refractivity contribution in [3.05, 3.63) is 12.2 Å². The van der Waals surface area contributed by atoms with E-state index in [1.165, 1.54) is 0 Å². The first-order chi connectivity index (χ1) is 14.2. The second kappa shape index (κ2) is 13.9. The Morgan fingerprint density at radius 1 is 0.774 bits per heavy atom. The van der Waals surface area contributed by atoms with Gasteiger partial charge in [0.05, 0.1) is 30.0 Å². The molecule has 0 aromatic carbocycles. The Morgan fingerprint density at radius 3 is 1.81 bits per heavy atom. The van der Waals surface area contributed by atoms with Gasteiger partial charge in [0.1, 0.15) is 0 Å². The van der Waals surface area contributed by atoms with E-state index >= 15 is 0 Å². The van der Waals surface area contributed by atoms with Crippen LogP contribution in [0.1, 0.15) is 81.1 Å². The number of hydrogen-bond acceptors (Lipinski definition) is 5. The van der Waals surface area contributed by atoms with Crippen molar-refractivity contribution in [3.63, 3.8) is 0 Å². The Bertz CT molecular complexity index is 570. The molecule has 0 aromatic heterocycles. The van der Waals surface area contributed by atoms with E-state index in [4.69, 9.17) is 14.2 Å². The van der Waals surface area contributed by atoms with E-state index < -0.39 is 0 Å². The maximum Gasteiger partial charge on any atom is 0.246 e. The molecule has 0 spiro atoms. The summed E-state index contributed by atoms with van der Waals surface area (Å²) in [5.41, 5.74) is -0.472. The van der Waals surface area contributed by atoms with Crippen molar-refractivity contribution in [2.45, 2.75) is 97.9 Å². The second-order valence-corrected chi connectivity index (χ2v) is 9.80. The van der Waals surface area contributed by atoms with Gasteiger partial charge in [-0.05, 0) is 74.7 Å². The predicted octanol–water partition coefficient (Wildman–Crippen LogP) is 3.76. The first-order valence-electron chi connectivity index (χ1n) is 11.3. The van der Waals surface area contributed by atoms with Gasteiger partial charge in [-0.2, -0.15) is 0 Å². The number of ether oxygens (including phenoxy) is 3. The van der Waals surface area contributed by atoms with Crippen LogP contribution in [0.5, 0.6) is 0 Å². The lowest BCUT2D eigenvalue weighted by atomic mass is 10.0. The molecule has 0 bridgehead atoms. The van der Waals surface area contributed by atoms with Crippen molar-refractivity contribution in [1.82, 2.24) is 10.6 Å². The van der Waals surface area contributed by atoms with Crippen LogP contribution < -0.4 is 10.6 Å². The Kier molecular flexibility index (Phi) is 13.2. The summed E-state index contributed by atoms with van der Waals surface area (Å²) in [4.78, 5) is 23.6. The molecule has 0 atom stereocenters. The lowest BCUT2D eigenvalue weighted by molar-refractivity contribution is -0.124. The third-order valence-corrected chi connectivity index (χ3v) is 5.00. The average molecular weight is 443 g/mol. The summed E-state index contributed by atoms with van der Waals surface area (Å²) in [6.07, 6.45) is 2.50. The van der Waals surface area contributed by atoms with Gasteiger partial charge in [-0.15, -0.1) is 0 Å². The summed E-state index contributed by atoms with van der Waals surface area (Å²) in [5.74, 6) is -0.148. The monoisotopic (exact) mass is 442 g/mol. The molecule has 7 heteroatoms. The fourth-order valence-electron chi connectivity index (χ4n) is 2.82. The molecule has 0 aliphatic rings. The van der Waals surface area contributed by atoms with Crippen LogP contribution in [0.25, 0.3) is 0 Å². The van der Waals surface area contributed by atoms with Gasteiger partial charge in [0.25, 0.3) is 0 Å². The smallest absolute Gasteiger partial charge is 0.246 e. The SMILES string of the molecule is C=C(C)C(=O)NCCC(C)(C)OCCC(C)(C)OCCC(=O)NCCC(C)(C)OCC. The number of carbonyl (C=O) groups is 2. The highest BCUT2D eigenvalue weighted by Crippen LogP contribution is 2.19. The van der Waals surface area contributed by atoms with Crippen LogP contribution in [0.15, 0.2) is 12.2 Å². The van der Waals surface area contributed by atoms with E-state index in [0.717, 1.165) is 6.42 Å². The molecule has 0 aromatic rings. The molecule has 2 amide bonds. The predicted molar refractivity (Wildman–Crippen MR) is 125 cm³/mol. The molecule has 0 saturated heterocycles. The lowest BCUT2D eigenvalue weighted by Gasteiger charge is -2.30. The van der Waals surface area contributed by atoms with E-state index in [9.17, 15) is 9.59 Å². The Labute approximate surface area is 189 Å². The van der Waals surface area contributed by atoms with Crippen LogP contribution in [-0.2, 0) is 23.8 Å². The zero-order chi connectivity index (χ0) is 24.1. The fourth-order valence-corrected chi connectivity index (χ4v) is 2.82. The Hall–Kier alpha value is -1.44. The number of carbonyl (C=O) groups excluding carboxylic acids is 2. The van der Waals surface area contributed by atoms with Gasteiger partial charge in [0, 0.05) is 31.7 Å². The molecule has 182 valence electrons. The van der Waals surface area contributed by atoms with Crippen LogP contribution in [0.3, 0.4) is 0 Å². The molecule has 7 nitrogen and oxygen atoms in total. The molecular weight excluding hydrogens is 396 g/mol. The number of nitrogens with one attached hydrogen (secondary N) is 2. The lowest BCUT2D eigenvalue weighted by Crippen LogP contribution is -2.35. The third kappa shape index (κ3) is 15.9. The minimum atomic E-state index is -0.387. The maximum atomic E-state index is 12.0. The highest BCUT2D eigenvalue weighted by Gasteiger charge is 2.23. The van der Waals surface area contributed by atoms with E-state index in [0.29, 0.717) is 57.7 Å². The molecule has 0 aliphatic heterocycles. The minimum absolute atomic E-state index is 0.0164. The zero-order valence-corrected chi connectivity index (χ0v) is 21.1. The van der Waals surface area contributed by atoms with E-state index in [1.54, 1.807) is 6.92 Å². The second-order valence-electron chi connectivity index (χ2n) is 9.80.